The molecule has 0 bridgehead atoms. The summed E-state index contributed by atoms with van der Waals surface area (Å²) in [5.74, 6) is 0.464. The predicted octanol–water partition coefficient (Wildman–Crippen LogP) is 4.15. The number of halogens is 4. The van der Waals surface area contributed by atoms with Gasteiger partial charge in [-0.1, -0.05) is 13.3 Å². The van der Waals surface area contributed by atoms with Crippen LogP contribution in [0.3, 0.4) is 0 Å². The van der Waals surface area contributed by atoms with E-state index in [1.165, 1.54) is 10.8 Å². The summed E-state index contributed by atoms with van der Waals surface area (Å²) in [5, 5.41) is 10.3. The van der Waals surface area contributed by atoms with Crippen LogP contribution in [0.25, 0.3) is 5.65 Å². The number of anilines is 1. The van der Waals surface area contributed by atoms with Crippen molar-refractivity contribution in [3.63, 3.8) is 0 Å². The van der Waals surface area contributed by atoms with E-state index < -0.39 is 12.6 Å². The second kappa shape index (κ2) is 8.29. The summed E-state index contributed by atoms with van der Waals surface area (Å²) >= 11 is 3.51. The highest BCUT2D eigenvalue weighted by atomic mass is 79.9. The number of fused-ring (bicyclic) bond motifs is 1. The number of alkyl halides is 3. The molecule has 3 aromatic rings. The van der Waals surface area contributed by atoms with Crippen molar-refractivity contribution in [1.29, 1.82) is 0 Å². The third kappa shape index (κ3) is 4.30. The summed E-state index contributed by atoms with van der Waals surface area (Å²) in [5.41, 5.74) is 2.06. The molecule has 1 aliphatic heterocycles. The Kier molecular flexibility index (Phi) is 5.72. The molecule has 0 N–H and O–H groups in total. The number of hydrogen-bond donors (Lipinski definition) is 0. The average molecular weight is 482 g/mol. The van der Waals surface area contributed by atoms with Gasteiger partial charge in [0, 0.05) is 30.8 Å². The van der Waals surface area contributed by atoms with E-state index >= 15 is 0 Å². The third-order valence-electron chi connectivity index (χ3n) is 4.79. The van der Waals surface area contributed by atoms with E-state index in [1.807, 2.05) is 30.3 Å². The molecular weight excluding hydrogens is 463 g/mol. The Morgan fingerprint density at radius 1 is 1.27 bits per heavy atom. The number of aryl methyl sites for hydroxylation is 1. The maximum Gasteiger partial charge on any atom is 0.396 e. The molecule has 11 heteroatoms. The van der Waals surface area contributed by atoms with Gasteiger partial charge in [-0.2, -0.15) is 18.3 Å². The predicted molar refractivity (Wildman–Crippen MR) is 110 cm³/mol. The number of pyridine rings is 1. The van der Waals surface area contributed by atoms with Gasteiger partial charge in [-0.05, 0) is 34.5 Å². The van der Waals surface area contributed by atoms with Crippen LogP contribution in [-0.2, 0) is 19.3 Å². The van der Waals surface area contributed by atoms with Gasteiger partial charge < -0.3 is 0 Å². The third-order valence-corrected chi connectivity index (χ3v) is 5.41. The van der Waals surface area contributed by atoms with Crippen molar-refractivity contribution >= 4 is 33.6 Å². The molecule has 1 aliphatic rings. The van der Waals surface area contributed by atoms with Gasteiger partial charge in [-0.3, -0.25) is 0 Å². The van der Waals surface area contributed by atoms with Crippen molar-refractivity contribution in [3.8, 4) is 0 Å². The molecule has 0 amide bonds. The molecule has 0 radical (unpaired) electrons. The van der Waals surface area contributed by atoms with Crippen LogP contribution < -0.4 is 5.01 Å². The zero-order valence-corrected chi connectivity index (χ0v) is 17.7. The number of hydrogen-bond acceptors (Lipinski definition) is 6. The number of nitrogens with zero attached hydrogens (tertiary/aromatic N) is 7. The van der Waals surface area contributed by atoms with Crippen LogP contribution in [0.2, 0.25) is 0 Å². The van der Waals surface area contributed by atoms with Crippen molar-refractivity contribution < 1.29 is 13.2 Å². The quantitative estimate of drug-likeness (QED) is 0.528. The van der Waals surface area contributed by atoms with Gasteiger partial charge in [-0.25, -0.2) is 24.5 Å². The Labute approximate surface area is 179 Å². The Balaban J connectivity index is 1.66. The molecule has 0 aromatic carbocycles. The molecule has 0 saturated heterocycles. The highest BCUT2D eigenvalue weighted by molar-refractivity contribution is 9.10. The van der Waals surface area contributed by atoms with Gasteiger partial charge in [0.15, 0.2) is 17.3 Å². The van der Waals surface area contributed by atoms with E-state index in [4.69, 9.17) is 0 Å². The summed E-state index contributed by atoms with van der Waals surface area (Å²) in [7, 11) is 0. The lowest BCUT2D eigenvalue weighted by molar-refractivity contribution is -0.128. The lowest BCUT2D eigenvalue weighted by Crippen LogP contribution is -2.30. The molecular formula is C19H19BrF3N7. The first-order valence-electron chi connectivity index (χ1n) is 9.56. The summed E-state index contributed by atoms with van der Waals surface area (Å²) in [6.45, 7) is 2.01. The van der Waals surface area contributed by atoms with Gasteiger partial charge in [0.2, 0.25) is 0 Å². The SMILES string of the molecule is CCCc1c(CC2CC=NN2c2ncccc2Br)ncn2nc(CC(F)(F)F)nc12. The first-order chi connectivity index (χ1) is 14.4. The topological polar surface area (TPSA) is 71.6 Å². The van der Waals surface area contributed by atoms with Gasteiger partial charge in [0.25, 0.3) is 0 Å². The molecule has 1 atom stereocenters. The Bertz CT molecular complexity index is 1080. The van der Waals surface area contributed by atoms with Crippen LogP contribution in [0, 0.1) is 0 Å². The Morgan fingerprint density at radius 2 is 2.10 bits per heavy atom. The van der Waals surface area contributed by atoms with Crippen LogP contribution in [0.1, 0.15) is 36.8 Å². The molecule has 0 saturated carbocycles. The van der Waals surface area contributed by atoms with E-state index in [0.29, 0.717) is 30.7 Å². The number of hydrazone groups is 1. The van der Waals surface area contributed by atoms with Crippen LogP contribution in [0.15, 0.2) is 34.2 Å². The van der Waals surface area contributed by atoms with Crippen molar-refractivity contribution in [2.24, 2.45) is 5.10 Å². The fourth-order valence-corrected chi connectivity index (χ4v) is 3.98. The van der Waals surface area contributed by atoms with Gasteiger partial charge in [-0.15, -0.1) is 5.10 Å². The summed E-state index contributed by atoms with van der Waals surface area (Å²) in [4.78, 5) is 13.1. The minimum atomic E-state index is -4.36. The van der Waals surface area contributed by atoms with Crippen molar-refractivity contribution in [1.82, 2.24) is 24.6 Å². The molecule has 7 nitrogen and oxygen atoms in total. The monoisotopic (exact) mass is 481 g/mol. The van der Waals surface area contributed by atoms with E-state index in [0.717, 1.165) is 22.2 Å². The van der Waals surface area contributed by atoms with Crippen LogP contribution in [0.5, 0.6) is 0 Å². The zero-order valence-electron chi connectivity index (χ0n) is 16.1. The normalized spacial score (nSPS) is 16.7. The van der Waals surface area contributed by atoms with Gasteiger partial charge >= 0.3 is 6.18 Å². The van der Waals surface area contributed by atoms with Crippen molar-refractivity contribution in [2.75, 3.05) is 5.01 Å². The van der Waals surface area contributed by atoms with Crippen molar-refractivity contribution in [3.05, 3.63) is 46.2 Å². The van der Waals surface area contributed by atoms with Gasteiger partial charge in [0.05, 0.1) is 16.2 Å². The maximum atomic E-state index is 12.8. The fourth-order valence-electron chi connectivity index (χ4n) is 3.54. The molecule has 158 valence electrons. The second-order valence-corrected chi connectivity index (χ2v) is 7.91. The maximum absolute atomic E-state index is 12.8. The number of rotatable bonds is 6. The summed E-state index contributed by atoms with van der Waals surface area (Å²) < 4.78 is 40.5. The van der Waals surface area contributed by atoms with E-state index in [-0.39, 0.29) is 11.9 Å². The largest absolute Gasteiger partial charge is 0.396 e. The van der Waals surface area contributed by atoms with Gasteiger partial charge in [0.1, 0.15) is 12.7 Å². The molecule has 0 fully saturated rings. The standard InChI is InChI=1S/C19H19BrF3N7/c1-2-4-13-15(25-11-29-17(13)27-16(28-29)10-19(21,22)23)9-12-6-8-26-30(12)18-14(20)5-3-7-24-18/h3,5,7-8,11-12H,2,4,6,9-10H2,1H3. The first kappa shape index (κ1) is 20.7. The highest BCUT2D eigenvalue weighted by Crippen LogP contribution is 2.30. The first-order valence-corrected chi connectivity index (χ1v) is 10.4. The van der Waals surface area contributed by atoms with Crippen LogP contribution in [0.4, 0.5) is 19.0 Å². The lowest BCUT2D eigenvalue weighted by Gasteiger charge is -2.24. The summed E-state index contributed by atoms with van der Waals surface area (Å²) in [6.07, 6.45) is 2.21. The molecule has 1 unspecified atom stereocenters. The molecule has 0 spiro atoms. The molecule has 4 rings (SSSR count). The minimum Gasteiger partial charge on any atom is -0.243 e. The zero-order chi connectivity index (χ0) is 21.3. The highest BCUT2D eigenvalue weighted by Gasteiger charge is 2.31. The summed E-state index contributed by atoms with van der Waals surface area (Å²) in [6, 6.07) is 3.73. The molecule has 4 heterocycles. The fraction of sp³-hybridized carbons (Fsp3) is 0.421. The van der Waals surface area contributed by atoms with Crippen LogP contribution >= 0.6 is 15.9 Å². The minimum absolute atomic E-state index is 0.000627. The molecule has 30 heavy (non-hydrogen) atoms. The van der Waals surface area contributed by atoms with E-state index in [1.54, 1.807) is 6.20 Å². The van der Waals surface area contributed by atoms with Crippen molar-refractivity contribution in [2.45, 2.75) is 51.2 Å². The number of aromatic nitrogens is 5. The molecule has 0 aliphatic carbocycles. The van der Waals surface area contributed by atoms with E-state index in [9.17, 15) is 13.2 Å². The Hall–Kier alpha value is -2.56. The van der Waals surface area contributed by atoms with Crippen LogP contribution in [-0.4, -0.2) is 43.0 Å². The Morgan fingerprint density at radius 3 is 2.83 bits per heavy atom. The smallest absolute Gasteiger partial charge is 0.243 e. The lowest BCUT2D eigenvalue weighted by atomic mass is 10.0. The second-order valence-electron chi connectivity index (χ2n) is 7.05. The average Bonchev–Trinajstić information content (AvgIpc) is 3.29. The van der Waals surface area contributed by atoms with E-state index in [2.05, 4.69) is 41.1 Å². The molecule has 3 aromatic heterocycles.